The molecule has 1 saturated carbocycles. The van der Waals surface area contributed by atoms with E-state index in [4.69, 9.17) is 11.1 Å². The van der Waals surface area contributed by atoms with Gasteiger partial charge in [-0.15, -0.1) is 5.10 Å². The Morgan fingerprint density at radius 1 is 1.81 bits per heavy atom. The number of H-pyrrole nitrogens is 1. The molecule has 0 spiro atoms. The third kappa shape index (κ3) is 2.13. The molecule has 2 rings (SSSR count). The fourth-order valence-corrected chi connectivity index (χ4v) is 2.51. The van der Waals surface area contributed by atoms with Gasteiger partial charge in [0.15, 0.2) is 5.16 Å². The largest absolute Gasteiger partial charge is 0.387 e. The number of hydrogen-bond donors (Lipinski definition) is 3. The molecule has 1 aromatic rings. The lowest BCUT2D eigenvalue weighted by atomic mass is 10.3. The Hall–Kier alpha value is -1.24. The van der Waals surface area contributed by atoms with Gasteiger partial charge in [0, 0.05) is 6.04 Å². The van der Waals surface area contributed by atoms with Gasteiger partial charge in [-0.2, -0.15) is 0 Å². The summed E-state index contributed by atoms with van der Waals surface area (Å²) in [4.78, 5) is 11.5. The van der Waals surface area contributed by atoms with E-state index in [9.17, 15) is 4.79 Å². The van der Waals surface area contributed by atoms with E-state index < -0.39 is 0 Å². The summed E-state index contributed by atoms with van der Waals surface area (Å²) in [6.45, 7) is 1.96. The molecule has 4 N–H and O–H groups in total. The van der Waals surface area contributed by atoms with Gasteiger partial charge >= 0.3 is 5.69 Å². The number of nitrogens with two attached hydrogens (primary N) is 1. The van der Waals surface area contributed by atoms with Gasteiger partial charge in [-0.25, -0.2) is 9.89 Å². The Balaban J connectivity index is 2.20. The molecule has 1 atom stereocenters. The average Bonchev–Trinajstić information content (AvgIpc) is 3.00. The molecule has 0 aromatic carbocycles. The molecule has 0 aliphatic heterocycles. The van der Waals surface area contributed by atoms with E-state index in [2.05, 4.69) is 10.2 Å². The summed E-state index contributed by atoms with van der Waals surface area (Å²) >= 11 is 1.38. The predicted molar refractivity (Wildman–Crippen MR) is 63.0 cm³/mol. The Morgan fingerprint density at radius 3 is 3.00 bits per heavy atom. The highest BCUT2D eigenvalue weighted by atomic mass is 32.2. The van der Waals surface area contributed by atoms with Crippen molar-refractivity contribution in [2.45, 2.75) is 42.6 Å². The van der Waals surface area contributed by atoms with Gasteiger partial charge in [0.1, 0.15) is 5.84 Å². The summed E-state index contributed by atoms with van der Waals surface area (Å²) in [5, 5.41) is 14.4. The molecule has 16 heavy (non-hydrogen) atoms. The Morgan fingerprint density at radius 2 is 2.50 bits per heavy atom. The first-order chi connectivity index (χ1) is 7.63. The summed E-state index contributed by atoms with van der Waals surface area (Å²) < 4.78 is 1.68. The van der Waals surface area contributed by atoms with Gasteiger partial charge < -0.3 is 5.73 Å². The van der Waals surface area contributed by atoms with E-state index in [1.54, 1.807) is 4.57 Å². The number of nitrogens with one attached hydrogen (secondary N) is 2. The molecule has 1 fully saturated rings. The second-order valence-corrected chi connectivity index (χ2v) is 5.05. The van der Waals surface area contributed by atoms with Crippen LogP contribution >= 0.6 is 11.8 Å². The van der Waals surface area contributed by atoms with Gasteiger partial charge in [-0.3, -0.25) is 9.98 Å². The van der Waals surface area contributed by atoms with Crippen LogP contribution in [0.25, 0.3) is 0 Å². The molecule has 88 valence electrons. The second-order valence-electron chi connectivity index (χ2n) is 3.88. The van der Waals surface area contributed by atoms with Crippen LogP contribution in [0.1, 0.15) is 32.2 Å². The van der Waals surface area contributed by atoms with E-state index in [1.807, 2.05) is 6.92 Å². The zero-order valence-electron chi connectivity index (χ0n) is 9.06. The van der Waals surface area contributed by atoms with Crippen LogP contribution in [0, 0.1) is 5.41 Å². The van der Waals surface area contributed by atoms with Crippen molar-refractivity contribution in [3.8, 4) is 0 Å². The monoisotopic (exact) mass is 241 g/mol. The fourth-order valence-electron chi connectivity index (χ4n) is 1.52. The van der Waals surface area contributed by atoms with E-state index in [0.29, 0.717) is 11.2 Å². The van der Waals surface area contributed by atoms with Gasteiger partial charge in [0.25, 0.3) is 0 Å². The molecular formula is C9H15N5OS. The first-order valence-electron chi connectivity index (χ1n) is 5.31. The SMILES string of the molecule is CCC(Sc1n[nH]c(=O)n1C1CC1)C(=N)N. The highest BCUT2D eigenvalue weighted by molar-refractivity contribution is 8.00. The first kappa shape index (κ1) is 11.3. The lowest BCUT2D eigenvalue weighted by Crippen LogP contribution is -2.25. The van der Waals surface area contributed by atoms with Crippen molar-refractivity contribution >= 4 is 17.6 Å². The lowest BCUT2D eigenvalue weighted by Gasteiger charge is -2.11. The van der Waals surface area contributed by atoms with Crippen molar-refractivity contribution in [3.63, 3.8) is 0 Å². The smallest absolute Gasteiger partial charge is 0.344 e. The molecule has 1 aliphatic rings. The molecule has 6 nitrogen and oxygen atoms in total. The quantitative estimate of drug-likeness (QED) is 0.401. The van der Waals surface area contributed by atoms with E-state index >= 15 is 0 Å². The minimum absolute atomic E-state index is 0.104. The van der Waals surface area contributed by atoms with Crippen LogP contribution in [0.15, 0.2) is 9.95 Å². The minimum Gasteiger partial charge on any atom is -0.387 e. The summed E-state index contributed by atoms with van der Waals surface area (Å²) in [7, 11) is 0. The standard InChI is InChI=1S/C9H15N5OS/c1-2-6(7(10)11)16-9-13-12-8(15)14(9)5-3-4-5/h5-6H,2-4H2,1H3,(H3,10,11)(H,12,15). The molecule has 0 radical (unpaired) electrons. The molecule has 0 amide bonds. The summed E-state index contributed by atoms with van der Waals surface area (Å²) in [5.74, 6) is 0.130. The number of thioether (sulfide) groups is 1. The molecular weight excluding hydrogens is 226 g/mol. The number of hydrogen-bond acceptors (Lipinski definition) is 4. The number of amidine groups is 1. The maximum Gasteiger partial charge on any atom is 0.344 e. The highest BCUT2D eigenvalue weighted by Gasteiger charge is 2.29. The van der Waals surface area contributed by atoms with Crippen molar-refractivity contribution in [1.29, 1.82) is 5.41 Å². The minimum atomic E-state index is -0.164. The fraction of sp³-hybridized carbons (Fsp3) is 0.667. The Kier molecular flexibility index (Phi) is 3.04. The van der Waals surface area contributed by atoms with Crippen molar-refractivity contribution in [2.24, 2.45) is 5.73 Å². The van der Waals surface area contributed by atoms with Crippen molar-refractivity contribution in [3.05, 3.63) is 10.5 Å². The molecule has 1 unspecified atom stereocenters. The maximum atomic E-state index is 11.5. The van der Waals surface area contributed by atoms with Crippen molar-refractivity contribution < 1.29 is 0 Å². The van der Waals surface area contributed by atoms with Crippen LogP contribution in [0.5, 0.6) is 0 Å². The first-order valence-corrected chi connectivity index (χ1v) is 6.19. The zero-order valence-corrected chi connectivity index (χ0v) is 9.88. The summed E-state index contributed by atoms with van der Waals surface area (Å²) in [6.07, 6.45) is 2.82. The number of rotatable bonds is 5. The van der Waals surface area contributed by atoms with Crippen molar-refractivity contribution in [1.82, 2.24) is 14.8 Å². The molecule has 7 heteroatoms. The van der Waals surface area contributed by atoms with Gasteiger partial charge in [0.2, 0.25) is 0 Å². The third-order valence-corrected chi connectivity index (χ3v) is 3.92. The second kappa shape index (κ2) is 4.32. The maximum absolute atomic E-state index is 11.5. The zero-order chi connectivity index (χ0) is 11.7. The van der Waals surface area contributed by atoms with E-state index in [-0.39, 0.29) is 16.8 Å². The van der Waals surface area contributed by atoms with Crippen LogP contribution in [-0.2, 0) is 0 Å². The van der Waals surface area contributed by atoms with Crippen LogP contribution in [0.2, 0.25) is 0 Å². The van der Waals surface area contributed by atoms with Crippen LogP contribution in [0.4, 0.5) is 0 Å². The topological polar surface area (TPSA) is 101 Å². The summed E-state index contributed by atoms with van der Waals surface area (Å²) in [5.41, 5.74) is 5.32. The number of nitrogens with zero attached hydrogens (tertiary/aromatic N) is 2. The van der Waals surface area contributed by atoms with Crippen LogP contribution in [-0.4, -0.2) is 25.9 Å². The van der Waals surface area contributed by atoms with Crippen LogP contribution < -0.4 is 11.4 Å². The highest BCUT2D eigenvalue weighted by Crippen LogP contribution is 2.37. The predicted octanol–water partition coefficient (Wildman–Crippen LogP) is 0.713. The molecule has 0 bridgehead atoms. The van der Waals surface area contributed by atoms with Gasteiger partial charge in [0.05, 0.1) is 5.25 Å². The molecule has 0 saturated heterocycles. The number of aromatic nitrogens is 3. The summed E-state index contributed by atoms with van der Waals surface area (Å²) in [6, 6.07) is 0.290. The Bertz CT molecular complexity index is 447. The van der Waals surface area contributed by atoms with Crippen molar-refractivity contribution in [2.75, 3.05) is 0 Å². The molecule has 1 aromatic heterocycles. The van der Waals surface area contributed by atoms with Crippen LogP contribution in [0.3, 0.4) is 0 Å². The van der Waals surface area contributed by atoms with E-state index in [1.165, 1.54) is 11.8 Å². The van der Waals surface area contributed by atoms with Gasteiger partial charge in [-0.1, -0.05) is 18.7 Å². The lowest BCUT2D eigenvalue weighted by molar-refractivity contribution is 0.641. The third-order valence-electron chi connectivity index (χ3n) is 2.55. The Labute approximate surface area is 97.1 Å². The average molecular weight is 241 g/mol. The normalized spacial score (nSPS) is 17.3. The molecule has 1 heterocycles. The van der Waals surface area contributed by atoms with Gasteiger partial charge in [-0.05, 0) is 19.3 Å². The number of aromatic amines is 1. The van der Waals surface area contributed by atoms with E-state index in [0.717, 1.165) is 19.3 Å². The molecule has 1 aliphatic carbocycles.